The van der Waals surface area contributed by atoms with Crippen molar-refractivity contribution in [3.63, 3.8) is 0 Å². The van der Waals surface area contributed by atoms with Crippen molar-refractivity contribution in [1.29, 1.82) is 0 Å². The van der Waals surface area contributed by atoms with Crippen LogP contribution in [0.25, 0.3) is 0 Å². The number of primary amides is 1. The van der Waals surface area contributed by atoms with Gasteiger partial charge in [0.2, 0.25) is 17.7 Å². The zero-order valence-electron chi connectivity index (χ0n) is 23.8. The zero-order chi connectivity index (χ0) is 29.4. The molecule has 0 spiro atoms. The number of carbonyl (C=O) groups is 5. The van der Waals surface area contributed by atoms with Gasteiger partial charge in [0, 0.05) is 6.54 Å². The lowest BCUT2D eigenvalue weighted by atomic mass is 10.0. The predicted molar refractivity (Wildman–Crippen MR) is 146 cm³/mol. The summed E-state index contributed by atoms with van der Waals surface area (Å²) < 4.78 is 9.91. The second-order valence-electron chi connectivity index (χ2n) is 10.3. The van der Waals surface area contributed by atoms with Gasteiger partial charge in [-0.15, -0.1) is 0 Å². The van der Waals surface area contributed by atoms with E-state index in [1.54, 1.807) is 51.1 Å². The highest BCUT2D eigenvalue weighted by atomic mass is 16.6. The van der Waals surface area contributed by atoms with E-state index in [9.17, 15) is 24.0 Å². The van der Waals surface area contributed by atoms with Gasteiger partial charge in [0.15, 0.2) is 0 Å². The molecule has 4 amide bonds. The average Bonchev–Trinajstić information content (AvgIpc) is 2.86. The van der Waals surface area contributed by atoms with Gasteiger partial charge in [0.05, 0.1) is 13.5 Å². The summed E-state index contributed by atoms with van der Waals surface area (Å²) in [7, 11) is 1.20. The standard InChI is InChI=1S/C28H44N4O7/c1-6-7-8-9-10-14-17-32(26(36)21(18-22(29)33)31-27(37)39-28(2,3)4)24(20-15-12-11-13-16-20)25(35)30-19-23(34)38-5/h11-13,15-16,21,24H,6-10,14,17-19H2,1-5H3,(H2,29,33)(H,30,35)(H,31,37). The third kappa shape index (κ3) is 13.1. The minimum atomic E-state index is -1.36. The van der Waals surface area contributed by atoms with Gasteiger partial charge < -0.3 is 30.7 Å². The molecule has 0 saturated carbocycles. The largest absolute Gasteiger partial charge is 0.468 e. The first-order chi connectivity index (χ1) is 18.4. The fraction of sp³-hybridized carbons (Fsp3) is 0.607. The van der Waals surface area contributed by atoms with Gasteiger partial charge in [-0.3, -0.25) is 19.2 Å². The number of nitrogens with one attached hydrogen (secondary N) is 2. The van der Waals surface area contributed by atoms with Crippen molar-refractivity contribution >= 4 is 29.8 Å². The molecule has 0 bridgehead atoms. The fourth-order valence-electron chi connectivity index (χ4n) is 3.92. The lowest BCUT2D eigenvalue weighted by molar-refractivity contribution is -0.145. The summed E-state index contributed by atoms with van der Waals surface area (Å²) in [5, 5.41) is 4.98. The number of methoxy groups -OCH3 is 1. The van der Waals surface area contributed by atoms with E-state index in [0.717, 1.165) is 32.1 Å². The van der Waals surface area contributed by atoms with Crippen LogP contribution in [0.15, 0.2) is 30.3 Å². The highest BCUT2D eigenvalue weighted by Gasteiger charge is 2.36. The Morgan fingerprint density at radius 2 is 1.59 bits per heavy atom. The summed E-state index contributed by atoms with van der Waals surface area (Å²) in [6, 6.07) is 6.09. The minimum absolute atomic E-state index is 0.168. The Morgan fingerprint density at radius 1 is 0.974 bits per heavy atom. The minimum Gasteiger partial charge on any atom is -0.468 e. The Bertz CT molecular complexity index is 947. The quantitative estimate of drug-likeness (QED) is 0.212. The number of amides is 4. The van der Waals surface area contributed by atoms with Gasteiger partial charge in [-0.25, -0.2) is 4.79 Å². The number of nitrogens with zero attached hydrogens (tertiary/aromatic N) is 1. The van der Waals surface area contributed by atoms with Crippen LogP contribution in [-0.4, -0.2) is 66.5 Å². The van der Waals surface area contributed by atoms with E-state index in [1.807, 2.05) is 0 Å². The molecule has 1 aromatic carbocycles. The van der Waals surface area contributed by atoms with Crippen molar-refractivity contribution in [2.45, 2.75) is 90.3 Å². The second kappa shape index (κ2) is 17.1. The Labute approximate surface area is 231 Å². The molecule has 0 aliphatic rings. The molecule has 2 unspecified atom stereocenters. The number of alkyl carbamates (subject to hydrolysis) is 1. The first kappa shape index (κ1) is 33.4. The highest BCUT2D eigenvalue weighted by molar-refractivity contribution is 5.95. The molecule has 0 saturated heterocycles. The molecule has 0 heterocycles. The topological polar surface area (TPSA) is 157 Å². The fourth-order valence-corrected chi connectivity index (χ4v) is 3.92. The van der Waals surface area contributed by atoms with Gasteiger partial charge in [0.25, 0.3) is 0 Å². The molecular formula is C28H44N4O7. The lowest BCUT2D eigenvalue weighted by Crippen LogP contribution is -2.54. The lowest BCUT2D eigenvalue weighted by Gasteiger charge is -2.34. The van der Waals surface area contributed by atoms with Crippen LogP contribution in [0.1, 0.15) is 84.2 Å². The van der Waals surface area contributed by atoms with E-state index in [2.05, 4.69) is 22.3 Å². The maximum atomic E-state index is 13.9. The zero-order valence-corrected chi connectivity index (χ0v) is 23.8. The number of nitrogens with two attached hydrogens (primary N) is 1. The second-order valence-corrected chi connectivity index (χ2v) is 10.3. The number of ether oxygens (including phenoxy) is 2. The molecule has 39 heavy (non-hydrogen) atoms. The summed E-state index contributed by atoms with van der Waals surface area (Å²) >= 11 is 0. The number of esters is 1. The van der Waals surface area contributed by atoms with E-state index in [-0.39, 0.29) is 6.54 Å². The summed E-state index contributed by atoms with van der Waals surface area (Å²) in [4.78, 5) is 64.8. The van der Waals surface area contributed by atoms with Crippen molar-refractivity contribution in [2.75, 3.05) is 20.2 Å². The first-order valence-electron chi connectivity index (χ1n) is 13.4. The molecule has 4 N–H and O–H groups in total. The smallest absolute Gasteiger partial charge is 0.408 e. The molecule has 1 aromatic rings. The molecular weight excluding hydrogens is 504 g/mol. The number of unbranched alkanes of at least 4 members (excludes halogenated alkanes) is 5. The molecule has 2 atom stereocenters. The van der Waals surface area contributed by atoms with E-state index in [4.69, 9.17) is 10.5 Å². The number of benzene rings is 1. The Morgan fingerprint density at radius 3 is 2.15 bits per heavy atom. The molecule has 11 heteroatoms. The molecule has 1 rings (SSSR count). The van der Waals surface area contributed by atoms with Crippen LogP contribution in [0.5, 0.6) is 0 Å². The molecule has 0 fully saturated rings. The van der Waals surface area contributed by atoms with Gasteiger partial charge in [0.1, 0.15) is 24.2 Å². The van der Waals surface area contributed by atoms with Crippen LogP contribution in [0, 0.1) is 0 Å². The number of hydrogen-bond donors (Lipinski definition) is 3. The van der Waals surface area contributed by atoms with Crippen molar-refractivity contribution < 1.29 is 33.4 Å². The Hall–Kier alpha value is -3.63. The average molecular weight is 549 g/mol. The molecule has 11 nitrogen and oxygen atoms in total. The molecule has 218 valence electrons. The van der Waals surface area contributed by atoms with Gasteiger partial charge in [-0.05, 0) is 32.8 Å². The normalized spacial score (nSPS) is 12.5. The summed E-state index contributed by atoms with van der Waals surface area (Å²) in [6.45, 7) is 6.90. The van der Waals surface area contributed by atoms with Crippen LogP contribution in [0.4, 0.5) is 4.79 Å². The molecule has 0 aromatic heterocycles. The number of hydrogen-bond acceptors (Lipinski definition) is 7. The van der Waals surface area contributed by atoms with Crippen molar-refractivity contribution in [2.24, 2.45) is 5.73 Å². The molecule has 0 aliphatic carbocycles. The SMILES string of the molecule is CCCCCCCCN(C(=O)C(CC(N)=O)NC(=O)OC(C)(C)C)C(C(=O)NCC(=O)OC)c1ccccc1. The van der Waals surface area contributed by atoms with Crippen LogP contribution >= 0.6 is 0 Å². The van der Waals surface area contributed by atoms with Gasteiger partial charge in [-0.1, -0.05) is 69.4 Å². The van der Waals surface area contributed by atoms with Crippen LogP contribution in [-0.2, 0) is 28.7 Å². The van der Waals surface area contributed by atoms with Crippen molar-refractivity contribution in [3.8, 4) is 0 Å². The predicted octanol–water partition coefficient (Wildman–Crippen LogP) is 2.97. The maximum absolute atomic E-state index is 13.9. The van der Waals surface area contributed by atoms with Gasteiger partial charge >= 0.3 is 12.1 Å². The number of rotatable bonds is 16. The van der Waals surface area contributed by atoms with E-state index < -0.39 is 60.4 Å². The molecule has 0 aliphatic heterocycles. The van der Waals surface area contributed by atoms with Crippen LogP contribution < -0.4 is 16.4 Å². The van der Waals surface area contributed by atoms with E-state index >= 15 is 0 Å². The van der Waals surface area contributed by atoms with E-state index in [1.165, 1.54) is 12.0 Å². The third-order valence-electron chi connectivity index (χ3n) is 5.74. The monoisotopic (exact) mass is 548 g/mol. The summed E-state index contributed by atoms with van der Waals surface area (Å²) in [5.41, 5.74) is 5.06. The Kier molecular flexibility index (Phi) is 14.6. The summed E-state index contributed by atoms with van der Waals surface area (Å²) in [5.74, 6) is -2.74. The van der Waals surface area contributed by atoms with Crippen molar-refractivity contribution in [1.82, 2.24) is 15.5 Å². The van der Waals surface area contributed by atoms with Crippen molar-refractivity contribution in [3.05, 3.63) is 35.9 Å². The van der Waals surface area contributed by atoms with E-state index in [0.29, 0.717) is 12.0 Å². The number of carbonyl (C=O) groups excluding carboxylic acids is 5. The first-order valence-corrected chi connectivity index (χ1v) is 13.4. The third-order valence-corrected chi connectivity index (χ3v) is 5.74. The summed E-state index contributed by atoms with van der Waals surface area (Å²) in [6.07, 6.45) is 4.22. The highest BCUT2D eigenvalue weighted by Crippen LogP contribution is 2.24. The van der Waals surface area contributed by atoms with Crippen LogP contribution in [0.3, 0.4) is 0 Å². The van der Waals surface area contributed by atoms with Gasteiger partial charge in [-0.2, -0.15) is 0 Å². The molecule has 0 radical (unpaired) electrons. The Balaban J connectivity index is 3.38. The van der Waals surface area contributed by atoms with Crippen LogP contribution in [0.2, 0.25) is 0 Å². The maximum Gasteiger partial charge on any atom is 0.408 e.